The van der Waals surface area contributed by atoms with Crippen molar-refractivity contribution in [3.8, 4) is 5.75 Å². The second kappa shape index (κ2) is 7.27. The summed E-state index contributed by atoms with van der Waals surface area (Å²) in [5.74, 6) is 1.55. The molecule has 18 heavy (non-hydrogen) atoms. The summed E-state index contributed by atoms with van der Waals surface area (Å²) < 4.78 is 5.63. The molecule has 2 N–H and O–H groups in total. The molecule has 1 unspecified atom stereocenters. The fourth-order valence-electron chi connectivity index (χ4n) is 2.00. The smallest absolute Gasteiger partial charge is 0.119 e. The zero-order valence-corrected chi connectivity index (χ0v) is 12.0. The highest BCUT2D eigenvalue weighted by Crippen LogP contribution is 2.20. The van der Waals surface area contributed by atoms with Gasteiger partial charge in [-0.3, -0.25) is 0 Å². The first-order valence-corrected chi connectivity index (χ1v) is 6.71. The number of rotatable bonds is 7. The van der Waals surface area contributed by atoms with Gasteiger partial charge in [-0.25, -0.2) is 0 Å². The lowest BCUT2D eigenvalue weighted by atomic mass is 10.1. The van der Waals surface area contributed by atoms with Crippen molar-refractivity contribution in [1.29, 1.82) is 0 Å². The van der Waals surface area contributed by atoms with Crippen LogP contribution >= 0.6 is 0 Å². The zero-order valence-electron chi connectivity index (χ0n) is 12.0. The Morgan fingerprint density at radius 2 is 1.78 bits per heavy atom. The molecule has 0 heterocycles. The summed E-state index contributed by atoms with van der Waals surface area (Å²) in [5.41, 5.74) is 6.79. The third-order valence-electron chi connectivity index (χ3n) is 2.89. The topological polar surface area (TPSA) is 38.5 Å². The summed E-state index contributed by atoms with van der Waals surface area (Å²) in [6, 6.07) is 8.26. The van der Waals surface area contributed by atoms with E-state index in [0.717, 1.165) is 25.3 Å². The summed E-state index contributed by atoms with van der Waals surface area (Å²) in [5, 5.41) is 0. The van der Waals surface area contributed by atoms with Crippen LogP contribution in [0.3, 0.4) is 0 Å². The number of hydrogen-bond donors (Lipinski definition) is 1. The van der Waals surface area contributed by atoms with Crippen molar-refractivity contribution >= 4 is 5.69 Å². The van der Waals surface area contributed by atoms with Crippen LogP contribution in [0.5, 0.6) is 5.75 Å². The molecule has 102 valence electrons. The molecule has 1 rings (SSSR count). The van der Waals surface area contributed by atoms with Crippen molar-refractivity contribution in [3.63, 3.8) is 0 Å². The number of benzene rings is 1. The van der Waals surface area contributed by atoms with E-state index in [2.05, 4.69) is 31.0 Å². The van der Waals surface area contributed by atoms with Gasteiger partial charge in [0, 0.05) is 19.3 Å². The highest BCUT2D eigenvalue weighted by Gasteiger charge is 2.07. The molecule has 3 nitrogen and oxygen atoms in total. The van der Waals surface area contributed by atoms with Crippen molar-refractivity contribution < 1.29 is 4.74 Å². The molecule has 0 aliphatic rings. The Bertz CT molecular complexity index is 335. The lowest BCUT2D eigenvalue weighted by molar-refractivity contribution is 0.242. The maximum atomic E-state index is 5.63. The SMILES string of the molecule is CC(CCN)CN(C)c1ccc(OC(C)C)cc1. The standard InChI is InChI=1S/C15H26N2O/c1-12(2)18-15-7-5-14(6-8-15)17(4)11-13(3)9-10-16/h5-8,12-13H,9-11,16H2,1-4H3. The van der Waals surface area contributed by atoms with Crippen molar-refractivity contribution in [1.82, 2.24) is 0 Å². The maximum Gasteiger partial charge on any atom is 0.119 e. The van der Waals surface area contributed by atoms with Gasteiger partial charge >= 0.3 is 0 Å². The predicted octanol–water partition coefficient (Wildman–Crippen LogP) is 2.89. The molecule has 0 saturated heterocycles. The Labute approximate surface area is 111 Å². The van der Waals surface area contributed by atoms with Crippen LogP contribution in [-0.2, 0) is 0 Å². The number of anilines is 1. The molecular weight excluding hydrogens is 224 g/mol. The summed E-state index contributed by atoms with van der Waals surface area (Å²) in [7, 11) is 2.12. The normalized spacial score (nSPS) is 12.6. The average Bonchev–Trinajstić information content (AvgIpc) is 2.29. The molecule has 0 fully saturated rings. The predicted molar refractivity (Wildman–Crippen MR) is 78.3 cm³/mol. The van der Waals surface area contributed by atoms with Crippen molar-refractivity contribution in [2.45, 2.75) is 33.3 Å². The van der Waals surface area contributed by atoms with Gasteiger partial charge in [0.25, 0.3) is 0 Å². The van der Waals surface area contributed by atoms with Crippen molar-refractivity contribution in [3.05, 3.63) is 24.3 Å². The van der Waals surface area contributed by atoms with Gasteiger partial charge in [0.05, 0.1) is 6.10 Å². The molecule has 1 atom stereocenters. The van der Waals surface area contributed by atoms with Crippen LogP contribution in [0.25, 0.3) is 0 Å². The van der Waals surface area contributed by atoms with E-state index in [4.69, 9.17) is 10.5 Å². The minimum Gasteiger partial charge on any atom is -0.491 e. The fourth-order valence-corrected chi connectivity index (χ4v) is 2.00. The maximum absolute atomic E-state index is 5.63. The molecule has 0 amide bonds. The van der Waals surface area contributed by atoms with Gasteiger partial charge < -0.3 is 15.4 Å². The first-order chi connectivity index (χ1) is 8.52. The minimum absolute atomic E-state index is 0.221. The van der Waals surface area contributed by atoms with Gasteiger partial charge in [-0.2, -0.15) is 0 Å². The number of ether oxygens (including phenoxy) is 1. The van der Waals surface area contributed by atoms with E-state index in [0.29, 0.717) is 5.92 Å². The lowest BCUT2D eigenvalue weighted by Crippen LogP contribution is -2.25. The highest BCUT2D eigenvalue weighted by molar-refractivity contribution is 5.48. The molecule has 0 saturated carbocycles. The third-order valence-corrected chi connectivity index (χ3v) is 2.89. The first-order valence-electron chi connectivity index (χ1n) is 6.71. The van der Waals surface area contributed by atoms with E-state index in [1.54, 1.807) is 0 Å². The summed E-state index contributed by atoms with van der Waals surface area (Å²) in [4.78, 5) is 2.26. The number of hydrogen-bond acceptors (Lipinski definition) is 3. The number of nitrogens with zero attached hydrogens (tertiary/aromatic N) is 1. The Balaban J connectivity index is 2.55. The number of nitrogens with two attached hydrogens (primary N) is 1. The van der Waals surface area contributed by atoms with E-state index in [9.17, 15) is 0 Å². The van der Waals surface area contributed by atoms with Gasteiger partial charge in [0.15, 0.2) is 0 Å². The van der Waals surface area contributed by atoms with E-state index < -0.39 is 0 Å². The Hall–Kier alpha value is -1.22. The molecule has 0 spiro atoms. The average molecular weight is 250 g/mol. The van der Waals surface area contributed by atoms with Crippen LogP contribution in [0.15, 0.2) is 24.3 Å². The van der Waals surface area contributed by atoms with Crippen LogP contribution in [0.2, 0.25) is 0 Å². The molecular formula is C15H26N2O. The second-order valence-electron chi connectivity index (χ2n) is 5.22. The van der Waals surface area contributed by atoms with Crippen LogP contribution in [0.4, 0.5) is 5.69 Å². The molecule has 1 aromatic carbocycles. The zero-order chi connectivity index (χ0) is 13.5. The van der Waals surface area contributed by atoms with E-state index in [1.165, 1.54) is 5.69 Å². The summed E-state index contributed by atoms with van der Waals surface area (Å²) >= 11 is 0. The second-order valence-corrected chi connectivity index (χ2v) is 5.22. The largest absolute Gasteiger partial charge is 0.491 e. The van der Waals surface area contributed by atoms with Crippen molar-refractivity contribution in [2.24, 2.45) is 11.7 Å². The summed E-state index contributed by atoms with van der Waals surface area (Å²) in [6.07, 6.45) is 1.29. The van der Waals surface area contributed by atoms with Crippen LogP contribution in [0, 0.1) is 5.92 Å². The molecule has 0 bridgehead atoms. The van der Waals surface area contributed by atoms with Crippen LogP contribution in [-0.4, -0.2) is 26.2 Å². The van der Waals surface area contributed by atoms with E-state index in [1.807, 2.05) is 26.0 Å². The first kappa shape index (κ1) is 14.8. The summed E-state index contributed by atoms with van der Waals surface area (Å²) in [6.45, 7) is 8.10. The van der Waals surface area contributed by atoms with E-state index in [-0.39, 0.29) is 6.10 Å². The van der Waals surface area contributed by atoms with Gasteiger partial charge in [0.2, 0.25) is 0 Å². The monoisotopic (exact) mass is 250 g/mol. The molecule has 0 aliphatic heterocycles. The molecule has 3 heteroatoms. The Morgan fingerprint density at radius 3 is 2.28 bits per heavy atom. The van der Waals surface area contributed by atoms with E-state index >= 15 is 0 Å². The van der Waals surface area contributed by atoms with Gasteiger partial charge in [-0.15, -0.1) is 0 Å². The van der Waals surface area contributed by atoms with Gasteiger partial charge in [-0.1, -0.05) is 6.92 Å². The molecule has 1 aromatic rings. The highest BCUT2D eigenvalue weighted by atomic mass is 16.5. The quantitative estimate of drug-likeness (QED) is 0.808. The minimum atomic E-state index is 0.221. The lowest BCUT2D eigenvalue weighted by Gasteiger charge is -2.23. The molecule has 0 radical (unpaired) electrons. The van der Waals surface area contributed by atoms with Gasteiger partial charge in [-0.05, 0) is 57.0 Å². The molecule has 0 aliphatic carbocycles. The Kier molecular flexibility index (Phi) is 5.99. The van der Waals surface area contributed by atoms with Crippen LogP contribution < -0.4 is 15.4 Å². The Morgan fingerprint density at radius 1 is 1.17 bits per heavy atom. The van der Waals surface area contributed by atoms with Crippen LogP contribution in [0.1, 0.15) is 27.2 Å². The third kappa shape index (κ3) is 4.96. The van der Waals surface area contributed by atoms with Crippen molar-refractivity contribution in [2.75, 3.05) is 25.0 Å². The fraction of sp³-hybridized carbons (Fsp3) is 0.600. The molecule has 0 aromatic heterocycles. The van der Waals surface area contributed by atoms with Gasteiger partial charge in [0.1, 0.15) is 5.75 Å².